The van der Waals surface area contributed by atoms with E-state index in [0.717, 1.165) is 51.9 Å². The summed E-state index contributed by atoms with van der Waals surface area (Å²) in [6.07, 6.45) is 16.1. The predicted octanol–water partition coefficient (Wildman–Crippen LogP) is 5.32. The third-order valence-corrected chi connectivity index (χ3v) is 7.09. The Kier molecular flexibility index (Phi) is 7.82. The highest BCUT2D eigenvalue weighted by molar-refractivity contribution is 5.70. The van der Waals surface area contributed by atoms with Crippen LogP contribution in [0.4, 0.5) is 0 Å². The van der Waals surface area contributed by atoms with Crippen LogP contribution >= 0.6 is 0 Å². The number of hydrogen-bond donors (Lipinski definition) is 2. The lowest BCUT2D eigenvalue weighted by Gasteiger charge is -2.37. The Morgan fingerprint density at radius 3 is 2.55 bits per heavy atom. The summed E-state index contributed by atoms with van der Waals surface area (Å²) in [6.45, 7) is 6.93. The van der Waals surface area contributed by atoms with Crippen molar-refractivity contribution in [2.45, 2.75) is 45.4 Å². The molecule has 1 fully saturated rings. The summed E-state index contributed by atoms with van der Waals surface area (Å²) in [4.78, 5) is 2.59. The number of nitrogens with one attached hydrogen (secondary N) is 1. The van der Waals surface area contributed by atoms with E-state index in [-0.39, 0.29) is 6.61 Å². The van der Waals surface area contributed by atoms with E-state index < -0.39 is 0 Å². The number of allylic oxidation sites excluding steroid dienone is 8. The summed E-state index contributed by atoms with van der Waals surface area (Å²) in [5.74, 6) is 1.05. The van der Waals surface area contributed by atoms with E-state index in [0.29, 0.717) is 11.8 Å². The first-order chi connectivity index (χ1) is 15.3. The molecule has 1 saturated heterocycles. The molecule has 2 aliphatic carbocycles. The van der Waals surface area contributed by atoms with E-state index in [1.807, 2.05) is 0 Å². The molecular formula is C28H38N2O. The van der Waals surface area contributed by atoms with Crippen molar-refractivity contribution in [2.75, 3.05) is 32.8 Å². The summed E-state index contributed by atoms with van der Waals surface area (Å²) in [7, 11) is 0. The second-order valence-electron chi connectivity index (χ2n) is 9.18. The molecule has 31 heavy (non-hydrogen) atoms. The van der Waals surface area contributed by atoms with Gasteiger partial charge in [-0.3, -0.25) is 0 Å². The van der Waals surface area contributed by atoms with Crippen molar-refractivity contribution in [3.63, 3.8) is 0 Å². The number of piperazine rings is 1. The molecule has 1 aliphatic heterocycles. The smallest absolute Gasteiger partial charge is 0.0434 e. The van der Waals surface area contributed by atoms with Crippen LogP contribution in [0.1, 0.15) is 51.0 Å². The van der Waals surface area contributed by atoms with Crippen LogP contribution in [0.25, 0.3) is 5.57 Å². The van der Waals surface area contributed by atoms with Crippen molar-refractivity contribution in [1.29, 1.82) is 0 Å². The minimum absolute atomic E-state index is 0.251. The molecule has 0 radical (unpaired) electrons. The van der Waals surface area contributed by atoms with E-state index in [1.165, 1.54) is 29.6 Å². The molecule has 0 amide bonds. The van der Waals surface area contributed by atoms with Gasteiger partial charge < -0.3 is 15.3 Å². The quantitative estimate of drug-likeness (QED) is 0.629. The zero-order valence-electron chi connectivity index (χ0n) is 19.0. The van der Waals surface area contributed by atoms with Crippen molar-refractivity contribution in [3.8, 4) is 0 Å². The van der Waals surface area contributed by atoms with Crippen LogP contribution in [0.15, 0.2) is 71.5 Å². The molecule has 2 N–H and O–H groups in total. The highest BCUT2D eigenvalue weighted by Crippen LogP contribution is 2.42. The van der Waals surface area contributed by atoms with Crippen LogP contribution in [0.3, 0.4) is 0 Å². The second-order valence-corrected chi connectivity index (χ2v) is 9.18. The lowest BCUT2D eigenvalue weighted by Crippen LogP contribution is -2.43. The predicted molar refractivity (Wildman–Crippen MR) is 131 cm³/mol. The largest absolute Gasteiger partial charge is 0.396 e. The molecular weight excluding hydrogens is 380 g/mol. The lowest BCUT2D eigenvalue weighted by atomic mass is 9.73. The molecule has 1 aromatic rings. The maximum Gasteiger partial charge on any atom is 0.0434 e. The average Bonchev–Trinajstić information content (AvgIpc) is 2.84. The van der Waals surface area contributed by atoms with Crippen LogP contribution < -0.4 is 5.32 Å². The molecule has 0 aromatic heterocycles. The van der Waals surface area contributed by atoms with Gasteiger partial charge in [0.25, 0.3) is 0 Å². The average molecular weight is 419 g/mol. The van der Waals surface area contributed by atoms with Crippen molar-refractivity contribution < 1.29 is 5.11 Å². The number of benzene rings is 1. The summed E-state index contributed by atoms with van der Waals surface area (Å²) < 4.78 is 0. The third-order valence-electron chi connectivity index (χ3n) is 7.09. The molecule has 1 unspecified atom stereocenters. The van der Waals surface area contributed by atoms with Gasteiger partial charge in [0, 0.05) is 44.4 Å². The SMILES string of the molecule is CC1=CC[C@H](/C(=C(\CCCO)c2ccccc2)C2CC=C(N3CCNCC3)CC2)C=C1. The molecule has 3 heteroatoms. The molecule has 4 rings (SSSR count). The van der Waals surface area contributed by atoms with Gasteiger partial charge in [-0.25, -0.2) is 0 Å². The van der Waals surface area contributed by atoms with Crippen LogP contribution in [-0.4, -0.2) is 42.8 Å². The second kappa shape index (κ2) is 11.0. The maximum atomic E-state index is 9.61. The fraction of sp³-hybridized carbons (Fsp3) is 0.500. The Bertz CT molecular complexity index is 843. The van der Waals surface area contributed by atoms with Crippen LogP contribution in [0.5, 0.6) is 0 Å². The van der Waals surface area contributed by atoms with Gasteiger partial charge in [-0.05, 0) is 62.5 Å². The van der Waals surface area contributed by atoms with Crippen molar-refractivity contribution >= 4 is 5.57 Å². The summed E-state index contributed by atoms with van der Waals surface area (Å²) in [5.41, 5.74) is 7.36. The Morgan fingerprint density at radius 2 is 1.90 bits per heavy atom. The van der Waals surface area contributed by atoms with Gasteiger partial charge >= 0.3 is 0 Å². The van der Waals surface area contributed by atoms with E-state index in [4.69, 9.17) is 0 Å². The number of hydrogen-bond acceptors (Lipinski definition) is 3. The van der Waals surface area contributed by atoms with Gasteiger partial charge in [-0.1, -0.05) is 65.8 Å². The molecule has 0 bridgehead atoms. The highest BCUT2D eigenvalue weighted by atomic mass is 16.2. The number of rotatable bonds is 7. The normalized spacial score (nSPS) is 25.0. The van der Waals surface area contributed by atoms with Gasteiger partial charge in [-0.2, -0.15) is 0 Å². The van der Waals surface area contributed by atoms with Crippen LogP contribution in [-0.2, 0) is 0 Å². The van der Waals surface area contributed by atoms with Gasteiger partial charge in [0.15, 0.2) is 0 Å². The number of nitrogens with zero attached hydrogens (tertiary/aromatic N) is 1. The van der Waals surface area contributed by atoms with E-state index in [1.54, 1.807) is 11.3 Å². The first kappa shape index (κ1) is 22.1. The molecule has 1 aromatic carbocycles. The molecule has 3 aliphatic rings. The summed E-state index contributed by atoms with van der Waals surface area (Å²) in [5, 5.41) is 13.1. The lowest BCUT2D eigenvalue weighted by molar-refractivity contribution is 0.276. The van der Waals surface area contributed by atoms with Gasteiger partial charge in [-0.15, -0.1) is 0 Å². The minimum Gasteiger partial charge on any atom is -0.396 e. The minimum atomic E-state index is 0.251. The Labute approximate surface area is 188 Å². The van der Waals surface area contributed by atoms with Crippen molar-refractivity contribution in [2.24, 2.45) is 11.8 Å². The summed E-state index contributed by atoms with van der Waals surface area (Å²) in [6, 6.07) is 10.9. The van der Waals surface area contributed by atoms with E-state index >= 15 is 0 Å². The van der Waals surface area contributed by atoms with Crippen molar-refractivity contribution in [3.05, 3.63) is 77.0 Å². The zero-order chi connectivity index (χ0) is 21.5. The third kappa shape index (κ3) is 5.58. The van der Waals surface area contributed by atoms with E-state index in [2.05, 4.69) is 71.8 Å². The number of aliphatic hydroxyl groups is 1. The van der Waals surface area contributed by atoms with Gasteiger partial charge in [0.1, 0.15) is 0 Å². The van der Waals surface area contributed by atoms with Crippen LogP contribution in [0.2, 0.25) is 0 Å². The Morgan fingerprint density at radius 1 is 1.10 bits per heavy atom. The maximum absolute atomic E-state index is 9.61. The van der Waals surface area contributed by atoms with E-state index in [9.17, 15) is 5.11 Å². The highest BCUT2D eigenvalue weighted by Gasteiger charge is 2.28. The van der Waals surface area contributed by atoms with Gasteiger partial charge in [0.2, 0.25) is 0 Å². The first-order valence-electron chi connectivity index (χ1n) is 12.1. The first-order valence-corrected chi connectivity index (χ1v) is 12.1. The molecule has 1 heterocycles. The zero-order valence-corrected chi connectivity index (χ0v) is 19.0. The fourth-order valence-electron chi connectivity index (χ4n) is 5.42. The Balaban J connectivity index is 1.66. The Hall–Kier alpha value is -2.10. The molecule has 3 nitrogen and oxygen atoms in total. The molecule has 0 saturated carbocycles. The van der Waals surface area contributed by atoms with Gasteiger partial charge in [0.05, 0.1) is 0 Å². The fourth-order valence-corrected chi connectivity index (χ4v) is 5.42. The standard InChI is InChI=1S/C28H38N2O/c1-22-9-11-24(12-10-22)28(27(8-5-21-31)23-6-3-2-4-7-23)25-13-15-26(16-14-25)30-19-17-29-18-20-30/h2-4,6-7,9-11,15,24-25,29,31H,5,8,12-14,16-21H2,1H3/b28-27-/t24-,25?/m1/s1. The molecule has 166 valence electrons. The monoisotopic (exact) mass is 418 g/mol. The van der Waals surface area contributed by atoms with Crippen molar-refractivity contribution in [1.82, 2.24) is 10.2 Å². The molecule has 2 atom stereocenters. The summed E-state index contributed by atoms with van der Waals surface area (Å²) >= 11 is 0. The van der Waals surface area contributed by atoms with Crippen LogP contribution in [0, 0.1) is 11.8 Å². The molecule has 0 spiro atoms. The topological polar surface area (TPSA) is 35.5 Å². The number of aliphatic hydroxyl groups excluding tert-OH is 1.